The van der Waals surface area contributed by atoms with E-state index in [1.54, 1.807) is 6.92 Å². The Morgan fingerprint density at radius 3 is 2.67 bits per heavy atom. The molecule has 1 aromatic heterocycles. The zero-order chi connectivity index (χ0) is 13.1. The highest BCUT2D eigenvalue weighted by atomic mass is 16.2. The van der Waals surface area contributed by atoms with Crippen molar-refractivity contribution >= 4 is 5.91 Å². The molecule has 0 saturated heterocycles. The molecule has 0 unspecified atom stereocenters. The summed E-state index contributed by atoms with van der Waals surface area (Å²) < 4.78 is 0. The number of carbonyl (C=O) groups is 1. The second kappa shape index (κ2) is 5.33. The van der Waals surface area contributed by atoms with Gasteiger partial charge < -0.3 is 10.3 Å². The number of H-pyrrole nitrogens is 1. The molecule has 1 aromatic rings. The van der Waals surface area contributed by atoms with Crippen LogP contribution in [0, 0.1) is 12.8 Å². The lowest BCUT2D eigenvalue weighted by Gasteiger charge is -2.26. The lowest BCUT2D eigenvalue weighted by atomic mass is 9.87. The second-order valence-corrected chi connectivity index (χ2v) is 5.15. The molecule has 1 heterocycles. The van der Waals surface area contributed by atoms with Crippen LogP contribution in [0.4, 0.5) is 0 Å². The number of aromatic amines is 1. The minimum Gasteiger partial charge on any atom is -0.348 e. The normalized spacial score (nSPS) is 23.7. The molecule has 98 valence electrons. The van der Waals surface area contributed by atoms with Gasteiger partial charge in [-0.25, -0.2) is 4.98 Å². The predicted molar refractivity (Wildman–Crippen MR) is 68.5 cm³/mol. The maximum absolute atomic E-state index is 12.0. The minimum absolute atomic E-state index is 0.204. The molecular weight excluding hydrogens is 230 g/mol. The number of aryl methyl sites for hydroxylation is 1. The van der Waals surface area contributed by atoms with Gasteiger partial charge in [0.2, 0.25) is 0 Å². The molecule has 0 radical (unpaired) electrons. The Labute approximate surface area is 106 Å². The summed E-state index contributed by atoms with van der Waals surface area (Å²) in [7, 11) is 0. The minimum atomic E-state index is -0.287. The molecule has 1 aliphatic rings. The summed E-state index contributed by atoms with van der Waals surface area (Å²) >= 11 is 0. The van der Waals surface area contributed by atoms with Crippen molar-refractivity contribution in [2.45, 2.75) is 45.6 Å². The first-order valence-electron chi connectivity index (χ1n) is 6.43. The Bertz CT molecular complexity index is 487. The standard InChI is InChI=1S/C13H19N3O2/c1-8-3-5-10(6-4-8)16-13(18)11-7-12(17)15-9(2)14-11/h7-8,10H,3-6H2,1-2H3,(H,16,18)(H,14,15,17). The van der Waals surface area contributed by atoms with Crippen LogP contribution >= 0.6 is 0 Å². The Kier molecular flexibility index (Phi) is 3.79. The van der Waals surface area contributed by atoms with E-state index in [1.165, 1.54) is 6.07 Å². The van der Waals surface area contributed by atoms with Gasteiger partial charge in [0.1, 0.15) is 11.5 Å². The molecule has 1 fully saturated rings. The highest BCUT2D eigenvalue weighted by Gasteiger charge is 2.20. The van der Waals surface area contributed by atoms with E-state index in [4.69, 9.17) is 0 Å². The number of hydrogen-bond acceptors (Lipinski definition) is 3. The lowest BCUT2D eigenvalue weighted by molar-refractivity contribution is 0.0917. The summed E-state index contributed by atoms with van der Waals surface area (Å²) in [6, 6.07) is 1.46. The molecule has 0 spiro atoms. The first-order valence-corrected chi connectivity index (χ1v) is 6.43. The predicted octanol–water partition coefficient (Wildman–Crippen LogP) is 1.39. The average molecular weight is 249 g/mol. The molecule has 0 aromatic carbocycles. The zero-order valence-corrected chi connectivity index (χ0v) is 10.8. The number of nitrogens with one attached hydrogen (secondary N) is 2. The van der Waals surface area contributed by atoms with Crippen LogP contribution in [0.15, 0.2) is 10.9 Å². The highest BCUT2D eigenvalue weighted by molar-refractivity contribution is 5.92. The van der Waals surface area contributed by atoms with Gasteiger partial charge in [0.05, 0.1) is 0 Å². The van der Waals surface area contributed by atoms with Crippen molar-refractivity contribution in [3.8, 4) is 0 Å². The van der Waals surface area contributed by atoms with Gasteiger partial charge in [0.15, 0.2) is 0 Å². The van der Waals surface area contributed by atoms with Gasteiger partial charge in [-0.3, -0.25) is 9.59 Å². The number of hydrogen-bond donors (Lipinski definition) is 2. The summed E-state index contributed by atoms with van der Waals surface area (Å²) in [5.41, 5.74) is -0.0835. The summed E-state index contributed by atoms with van der Waals surface area (Å²) in [6.07, 6.45) is 4.31. The van der Waals surface area contributed by atoms with Crippen molar-refractivity contribution in [3.05, 3.63) is 27.9 Å². The first-order chi connectivity index (χ1) is 8.54. The van der Waals surface area contributed by atoms with Crippen LogP contribution in [0.5, 0.6) is 0 Å². The van der Waals surface area contributed by atoms with Crippen molar-refractivity contribution in [1.29, 1.82) is 0 Å². The third-order valence-electron chi connectivity index (χ3n) is 3.44. The fourth-order valence-electron chi connectivity index (χ4n) is 2.36. The Morgan fingerprint density at radius 1 is 1.39 bits per heavy atom. The summed E-state index contributed by atoms with van der Waals surface area (Å²) in [5.74, 6) is 0.965. The van der Waals surface area contributed by atoms with E-state index < -0.39 is 0 Å². The van der Waals surface area contributed by atoms with Crippen LogP contribution in [-0.2, 0) is 0 Å². The van der Waals surface area contributed by atoms with Crippen LogP contribution < -0.4 is 10.9 Å². The second-order valence-electron chi connectivity index (χ2n) is 5.15. The molecule has 1 amide bonds. The van der Waals surface area contributed by atoms with Crippen molar-refractivity contribution in [2.75, 3.05) is 0 Å². The van der Waals surface area contributed by atoms with Crippen LogP contribution in [-0.4, -0.2) is 21.9 Å². The molecule has 18 heavy (non-hydrogen) atoms. The summed E-state index contributed by atoms with van der Waals surface area (Å²) in [5, 5.41) is 2.96. The number of nitrogens with zero attached hydrogens (tertiary/aromatic N) is 1. The van der Waals surface area contributed by atoms with Gasteiger partial charge in [-0.1, -0.05) is 6.92 Å². The fourth-order valence-corrected chi connectivity index (χ4v) is 2.36. The quantitative estimate of drug-likeness (QED) is 0.831. The molecule has 1 saturated carbocycles. The van der Waals surface area contributed by atoms with Gasteiger partial charge in [-0.2, -0.15) is 0 Å². The average Bonchev–Trinajstić information content (AvgIpc) is 2.31. The smallest absolute Gasteiger partial charge is 0.270 e. The number of amides is 1. The first kappa shape index (κ1) is 12.8. The maximum Gasteiger partial charge on any atom is 0.270 e. The topological polar surface area (TPSA) is 74.8 Å². The van der Waals surface area contributed by atoms with Crippen molar-refractivity contribution in [2.24, 2.45) is 5.92 Å². The van der Waals surface area contributed by atoms with E-state index in [9.17, 15) is 9.59 Å². The van der Waals surface area contributed by atoms with Crippen molar-refractivity contribution in [1.82, 2.24) is 15.3 Å². The number of rotatable bonds is 2. The molecule has 5 nitrogen and oxygen atoms in total. The van der Waals surface area contributed by atoms with Gasteiger partial charge in [0, 0.05) is 12.1 Å². The highest BCUT2D eigenvalue weighted by Crippen LogP contribution is 2.23. The Morgan fingerprint density at radius 2 is 2.06 bits per heavy atom. The van der Waals surface area contributed by atoms with E-state index in [2.05, 4.69) is 22.2 Å². The third-order valence-corrected chi connectivity index (χ3v) is 3.44. The SMILES string of the molecule is Cc1nc(C(=O)NC2CCC(C)CC2)cc(=O)[nH]1. The molecule has 0 aliphatic heterocycles. The summed E-state index contributed by atoms with van der Waals surface area (Å²) in [4.78, 5) is 29.8. The van der Waals surface area contributed by atoms with Crippen LogP contribution in [0.25, 0.3) is 0 Å². The van der Waals surface area contributed by atoms with Gasteiger partial charge in [-0.15, -0.1) is 0 Å². The summed E-state index contributed by atoms with van der Waals surface area (Å²) in [6.45, 7) is 3.90. The van der Waals surface area contributed by atoms with E-state index >= 15 is 0 Å². The van der Waals surface area contributed by atoms with E-state index in [0.717, 1.165) is 31.6 Å². The molecule has 5 heteroatoms. The van der Waals surface area contributed by atoms with Crippen molar-refractivity contribution in [3.63, 3.8) is 0 Å². The van der Waals surface area contributed by atoms with Crippen molar-refractivity contribution < 1.29 is 4.79 Å². The van der Waals surface area contributed by atoms with Crippen LogP contribution in [0.1, 0.15) is 48.9 Å². The largest absolute Gasteiger partial charge is 0.348 e. The lowest BCUT2D eigenvalue weighted by Crippen LogP contribution is -2.38. The van der Waals surface area contributed by atoms with E-state index in [1.807, 2.05) is 0 Å². The molecule has 1 aliphatic carbocycles. The van der Waals surface area contributed by atoms with Gasteiger partial charge in [0.25, 0.3) is 11.5 Å². The Hall–Kier alpha value is -1.65. The van der Waals surface area contributed by atoms with E-state index in [0.29, 0.717) is 5.82 Å². The molecule has 2 rings (SSSR count). The van der Waals surface area contributed by atoms with Gasteiger partial charge >= 0.3 is 0 Å². The van der Waals surface area contributed by atoms with E-state index in [-0.39, 0.29) is 23.2 Å². The monoisotopic (exact) mass is 249 g/mol. The molecular formula is C13H19N3O2. The maximum atomic E-state index is 12.0. The molecule has 2 N–H and O–H groups in total. The number of aromatic nitrogens is 2. The number of carbonyl (C=O) groups excluding carboxylic acids is 1. The molecule has 0 bridgehead atoms. The van der Waals surface area contributed by atoms with Crippen LogP contribution in [0.2, 0.25) is 0 Å². The Balaban J connectivity index is 2.01. The van der Waals surface area contributed by atoms with Crippen LogP contribution in [0.3, 0.4) is 0 Å². The van der Waals surface area contributed by atoms with Gasteiger partial charge in [-0.05, 0) is 38.5 Å². The fraction of sp³-hybridized carbons (Fsp3) is 0.615. The zero-order valence-electron chi connectivity index (χ0n) is 10.8. The molecule has 0 atom stereocenters. The third kappa shape index (κ3) is 3.18.